The van der Waals surface area contributed by atoms with E-state index in [2.05, 4.69) is 68.4 Å². The molecule has 0 aromatic heterocycles. The third kappa shape index (κ3) is 5.21. The lowest BCUT2D eigenvalue weighted by Gasteiger charge is -2.32. The van der Waals surface area contributed by atoms with E-state index in [1.54, 1.807) is 0 Å². The highest BCUT2D eigenvalue weighted by atomic mass is 16.5. The Kier molecular flexibility index (Phi) is 7.76. The molecule has 0 spiro atoms. The van der Waals surface area contributed by atoms with Gasteiger partial charge in [0.2, 0.25) is 0 Å². The monoisotopic (exact) mass is 345 g/mol. The molecule has 1 aliphatic rings. The molecule has 0 bridgehead atoms. The van der Waals surface area contributed by atoms with Crippen molar-refractivity contribution in [3.63, 3.8) is 0 Å². The molecule has 4 heteroatoms. The summed E-state index contributed by atoms with van der Waals surface area (Å²) in [7, 11) is 2.14. The Labute approximate surface area is 153 Å². The van der Waals surface area contributed by atoms with Gasteiger partial charge in [-0.1, -0.05) is 44.2 Å². The zero-order valence-corrected chi connectivity index (χ0v) is 16.4. The van der Waals surface area contributed by atoms with Crippen LogP contribution in [0.2, 0.25) is 0 Å². The fourth-order valence-corrected chi connectivity index (χ4v) is 3.66. The number of benzene rings is 1. The smallest absolute Gasteiger partial charge is 0.193 e. The molecule has 25 heavy (non-hydrogen) atoms. The largest absolute Gasteiger partial charge is 0.381 e. The summed E-state index contributed by atoms with van der Waals surface area (Å²) in [5, 5.41) is 3.46. The van der Waals surface area contributed by atoms with Crippen LogP contribution in [-0.4, -0.2) is 50.8 Å². The van der Waals surface area contributed by atoms with E-state index in [1.807, 2.05) is 0 Å². The maximum Gasteiger partial charge on any atom is 0.193 e. The van der Waals surface area contributed by atoms with Crippen LogP contribution in [0.25, 0.3) is 0 Å². The van der Waals surface area contributed by atoms with E-state index in [1.165, 1.54) is 5.56 Å². The molecule has 1 unspecified atom stereocenters. The molecule has 0 aliphatic carbocycles. The predicted octanol–water partition coefficient (Wildman–Crippen LogP) is 3.68. The molecule has 1 atom stereocenters. The number of aliphatic imine (C=N–C) groups is 1. The van der Waals surface area contributed by atoms with Crippen LogP contribution in [0.4, 0.5) is 0 Å². The van der Waals surface area contributed by atoms with E-state index in [0.717, 1.165) is 58.1 Å². The summed E-state index contributed by atoms with van der Waals surface area (Å²) < 4.78 is 5.52. The van der Waals surface area contributed by atoms with Crippen LogP contribution in [0, 0.1) is 5.92 Å². The maximum absolute atomic E-state index is 5.52. The van der Waals surface area contributed by atoms with Crippen LogP contribution < -0.4 is 5.32 Å². The molecule has 2 rings (SSSR count). The summed E-state index contributed by atoms with van der Waals surface area (Å²) in [5.74, 6) is 1.63. The SMILES string of the molecule is CCNC(=NCC(CC)(CC)c1ccccc1)N(C)CC1CCOC1. The Morgan fingerprint density at radius 2 is 1.96 bits per heavy atom. The highest BCUT2D eigenvalue weighted by Crippen LogP contribution is 2.32. The van der Waals surface area contributed by atoms with Gasteiger partial charge in [0.1, 0.15) is 0 Å². The normalized spacial score (nSPS) is 18.4. The van der Waals surface area contributed by atoms with Crippen LogP contribution >= 0.6 is 0 Å². The first kappa shape index (κ1) is 19.8. The first-order chi connectivity index (χ1) is 12.1. The van der Waals surface area contributed by atoms with Crippen molar-refractivity contribution in [1.82, 2.24) is 10.2 Å². The van der Waals surface area contributed by atoms with Crippen LogP contribution in [0.1, 0.15) is 45.6 Å². The van der Waals surface area contributed by atoms with E-state index in [0.29, 0.717) is 5.92 Å². The third-order valence-corrected chi connectivity index (χ3v) is 5.52. The zero-order chi connectivity index (χ0) is 18.1. The number of nitrogens with one attached hydrogen (secondary N) is 1. The Hall–Kier alpha value is -1.55. The summed E-state index contributed by atoms with van der Waals surface area (Å²) in [6.07, 6.45) is 3.34. The van der Waals surface area contributed by atoms with Gasteiger partial charge < -0.3 is 15.0 Å². The first-order valence-corrected chi connectivity index (χ1v) is 9.78. The zero-order valence-electron chi connectivity index (χ0n) is 16.4. The van der Waals surface area contributed by atoms with Gasteiger partial charge in [-0.05, 0) is 31.7 Å². The summed E-state index contributed by atoms with van der Waals surface area (Å²) in [4.78, 5) is 7.30. The number of hydrogen-bond donors (Lipinski definition) is 1. The lowest BCUT2D eigenvalue weighted by Crippen LogP contribution is -2.42. The van der Waals surface area contributed by atoms with Crippen LogP contribution in [0.15, 0.2) is 35.3 Å². The van der Waals surface area contributed by atoms with E-state index in [4.69, 9.17) is 9.73 Å². The van der Waals surface area contributed by atoms with Gasteiger partial charge in [0.25, 0.3) is 0 Å². The highest BCUT2D eigenvalue weighted by Gasteiger charge is 2.28. The fraction of sp³-hybridized carbons (Fsp3) is 0.667. The molecule has 1 fully saturated rings. The van der Waals surface area contributed by atoms with Crippen molar-refractivity contribution in [2.45, 2.75) is 45.4 Å². The second-order valence-electron chi connectivity index (χ2n) is 7.13. The molecule has 140 valence electrons. The topological polar surface area (TPSA) is 36.9 Å². The maximum atomic E-state index is 5.52. The van der Waals surface area contributed by atoms with Gasteiger partial charge in [-0.25, -0.2) is 0 Å². The second-order valence-corrected chi connectivity index (χ2v) is 7.13. The highest BCUT2D eigenvalue weighted by molar-refractivity contribution is 5.79. The van der Waals surface area contributed by atoms with Crippen molar-refractivity contribution < 1.29 is 4.74 Å². The van der Waals surface area contributed by atoms with Gasteiger partial charge in [-0.3, -0.25) is 4.99 Å². The second kappa shape index (κ2) is 9.81. The first-order valence-electron chi connectivity index (χ1n) is 9.78. The number of hydrogen-bond acceptors (Lipinski definition) is 2. The Balaban J connectivity index is 2.13. The van der Waals surface area contributed by atoms with E-state index in [-0.39, 0.29) is 5.41 Å². The summed E-state index contributed by atoms with van der Waals surface area (Å²) in [6.45, 7) is 11.2. The van der Waals surface area contributed by atoms with E-state index >= 15 is 0 Å². The summed E-state index contributed by atoms with van der Waals surface area (Å²) in [5.41, 5.74) is 1.51. The predicted molar refractivity (Wildman–Crippen MR) is 106 cm³/mol. The molecule has 1 aromatic carbocycles. The molecule has 4 nitrogen and oxygen atoms in total. The molecule has 1 aliphatic heterocycles. The number of guanidine groups is 1. The summed E-state index contributed by atoms with van der Waals surface area (Å²) in [6, 6.07) is 10.8. The lowest BCUT2D eigenvalue weighted by molar-refractivity contribution is 0.181. The molecule has 0 saturated carbocycles. The minimum absolute atomic E-state index is 0.110. The van der Waals surface area contributed by atoms with Gasteiger partial charge in [-0.2, -0.15) is 0 Å². The van der Waals surface area contributed by atoms with Crippen molar-refractivity contribution in [2.75, 3.05) is 39.9 Å². The van der Waals surface area contributed by atoms with E-state index < -0.39 is 0 Å². The molecule has 1 saturated heterocycles. The Morgan fingerprint density at radius 3 is 2.52 bits per heavy atom. The molecular formula is C21H35N3O. The number of rotatable bonds is 8. The quantitative estimate of drug-likeness (QED) is 0.577. The molecule has 1 aromatic rings. The van der Waals surface area contributed by atoms with Crippen LogP contribution in [0.3, 0.4) is 0 Å². The molecular weight excluding hydrogens is 310 g/mol. The van der Waals surface area contributed by atoms with Crippen molar-refractivity contribution in [3.8, 4) is 0 Å². The third-order valence-electron chi connectivity index (χ3n) is 5.52. The van der Waals surface area contributed by atoms with Gasteiger partial charge in [0.15, 0.2) is 5.96 Å². The van der Waals surface area contributed by atoms with Gasteiger partial charge >= 0.3 is 0 Å². The average Bonchev–Trinajstić information content (AvgIpc) is 3.15. The van der Waals surface area contributed by atoms with Crippen molar-refractivity contribution in [2.24, 2.45) is 10.9 Å². The fourth-order valence-electron chi connectivity index (χ4n) is 3.66. The summed E-state index contributed by atoms with van der Waals surface area (Å²) >= 11 is 0. The molecule has 1 N–H and O–H groups in total. The average molecular weight is 346 g/mol. The Bertz CT molecular complexity index is 519. The van der Waals surface area contributed by atoms with Gasteiger partial charge in [0.05, 0.1) is 13.2 Å². The van der Waals surface area contributed by atoms with Crippen molar-refractivity contribution in [3.05, 3.63) is 35.9 Å². The number of ether oxygens (including phenoxy) is 1. The minimum Gasteiger partial charge on any atom is -0.381 e. The van der Waals surface area contributed by atoms with E-state index in [9.17, 15) is 0 Å². The van der Waals surface area contributed by atoms with Crippen LogP contribution in [0.5, 0.6) is 0 Å². The molecule has 1 heterocycles. The molecule has 0 amide bonds. The van der Waals surface area contributed by atoms with Crippen LogP contribution in [-0.2, 0) is 10.2 Å². The van der Waals surface area contributed by atoms with Gasteiger partial charge in [-0.15, -0.1) is 0 Å². The lowest BCUT2D eigenvalue weighted by atomic mass is 9.76. The van der Waals surface area contributed by atoms with Gasteiger partial charge in [0, 0.05) is 38.1 Å². The standard InChI is InChI=1S/C21H35N3O/c1-5-21(6-2,19-11-9-8-10-12-19)17-23-20(22-7-3)24(4)15-18-13-14-25-16-18/h8-12,18H,5-7,13-17H2,1-4H3,(H,22,23). The molecule has 0 radical (unpaired) electrons. The Morgan fingerprint density at radius 1 is 1.24 bits per heavy atom. The minimum atomic E-state index is 0.110. The van der Waals surface area contributed by atoms with Crippen molar-refractivity contribution in [1.29, 1.82) is 0 Å². The van der Waals surface area contributed by atoms with Crippen molar-refractivity contribution >= 4 is 5.96 Å². The number of nitrogens with zero attached hydrogens (tertiary/aromatic N) is 2.